The average Bonchev–Trinajstić information content (AvgIpc) is 3.17. The number of ether oxygens (including phenoxy) is 2. The van der Waals surface area contributed by atoms with E-state index in [4.69, 9.17) is 9.47 Å². The summed E-state index contributed by atoms with van der Waals surface area (Å²) in [4.78, 5) is 4.49. The van der Waals surface area contributed by atoms with Crippen LogP contribution in [0, 0.1) is 5.82 Å². The third-order valence-electron chi connectivity index (χ3n) is 4.24. The second-order valence-corrected chi connectivity index (χ2v) is 7.44. The number of anilines is 1. The molecule has 0 radical (unpaired) electrons. The summed E-state index contributed by atoms with van der Waals surface area (Å²) in [5.74, 6) is 0.984. The fourth-order valence-electron chi connectivity index (χ4n) is 2.82. The molecule has 0 aliphatic carbocycles. The Kier molecular flexibility index (Phi) is 6.20. The van der Waals surface area contributed by atoms with E-state index in [0.717, 1.165) is 26.5 Å². The largest absolute Gasteiger partial charge is 0.490 e. The maximum absolute atomic E-state index is 13.0. The third kappa shape index (κ3) is 4.93. The molecule has 1 heterocycles. The van der Waals surface area contributed by atoms with Crippen LogP contribution in [0.15, 0.2) is 71.8 Å². The van der Waals surface area contributed by atoms with Crippen LogP contribution >= 0.6 is 11.3 Å². The molecule has 0 bridgehead atoms. The minimum absolute atomic E-state index is 0.267. The van der Waals surface area contributed by atoms with Gasteiger partial charge in [0.2, 0.25) is 5.13 Å². The fourth-order valence-corrected chi connectivity index (χ4v) is 3.63. The molecular formula is C23H20FN3O2S. The average molecular weight is 421 g/mol. The van der Waals surface area contributed by atoms with E-state index in [-0.39, 0.29) is 5.82 Å². The summed E-state index contributed by atoms with van der Waals surface area (Å²) in [6.07, 6.45) is 1.71. The number of aromatic nitrogens is 1. The Morgan fingerprint density at radius 3 is 2.67 bits per heavy atom. The molecule has 0 amide bonds. The molecule has 1 N–H and O–H groups in total. The molecule has 4 rings (SSSR count). The highest BCUT2D eigenvalue weighted by Gasteiger charge is 2.07. The minimum Gasteiger partial charge on any atom is -0.490 e. The number of rotatable bonds is 8. The number of para-hydroxylation sites is 1. The predicted octanol–water partition coefficient (Wildman–Crippen LogP) is 5.86. The summed E-state index contributed by atoms with van der Waals surface area (Å²) in [7, 11) is 0. The number of nitrogens with zero attached hydrogens (tertiary/aromatic N) is 2. The van der Waals surface area contributed by atoms with E-state index in [0.29, 0.717) is 24.7 Å². The first kappa shape index (κ1) is 19.8. The van der Waals surface area contributed by atoms with Gasteiger partial charge in [-0.25, -0.2) is 9.37 Å². The van der Waals surface area contributed by atoms with Crippen molar-refractivity contribution in [3.63, 3.8) is 0 Å². The van der Waals surface area contributed by atoms with E-state index in [9.17, 15) is 4.39 Å². The fraction of sp³-hybridized carbons (Fsp3) is 0.130. The molecule has 4 aromatic rings. The minimum atomic E-state index is -0.267. The van der Waals surface area contributed by atoms with Crippen LogP contribution in [0.5, 0.6) is 11.5 Å². The van der Waals surface area contributed by atoms with Crippen molar-refractivity contribution in [2.45, 2.75) is 13.5 Å². The lowest BCUT2D eigenvalue weighted by Crippen LogP contribution is -2.00. The Balaban J connectivity index is 1.43. The smallest absolute Gasteiger partial charge is 0.204 e. The van der Waals surface area contributed by atoms with Gasteiger partial charge in [0.05, 0.1) is 23.0 Å². The molecule has 0 atom stereocenters. The number of nitrogens with one attached hydrogen (secondary N) is 1. The van der Waals surface area contributed by atoms with Crippen LogP contribution < -0.4 is 14.9 Å². The molecule has 30 heavy (non-hydrogen) atoms. The van der Waals surface area contributed by atoms with Gasteiger partial charge in [-0.1, -0.05) is 35.6 Å². The number of hydrogen-bond donors (Lipinski definition) is 1. The first-order valence-corrected chi connectivity index (χ1v) is 10.3. The number of thiazole rings is 1. The van der Waals surface area contributed by atoms with E-state index in [2.05, 4.69) is 15.5 Å². The number of halogens is 1. The number of benzene rings is 3. The highest BCUT2D eigenvalue weighted by Crippen LogP contribution is 2.29. The van der Waals surface area contributed by atoms with Crippen LogP contribution in [0.1, 0.15) is 18.1 Å². The predicted molar refractivity (Wildman–Crippen MR) is 119 cm³/mol. The van der Waals surface area contributed by atoms with Gasteiger partial charge in [0.15, 0.2) is 11.5 Å². The molecule has 0 saturated carbocycles. The highest BCUT2D eigenvalue weighted by atomic mass is 32.1. The summed E-state index contributed by atoms with van der Waals surface area (Å²) >= 11 is 1.55. The van der Waals surface area contributed by atoms with Gasteiger partial charge in [-0.2, -0.15) is 5.10 Å². The Hall–Kier alpha value is -3.45. The molecule has 0 aliphatic rings. The van der Waals surface area contributed by atoms with Crippen LogP contribution in [0.25, 0.3) is 10.2 Å². The maximum Gasteiger partial charge on any atom is 0.204 e. The van der Waals surface area contributed by atoms with Gasteiger partial charge < -0.3 is 9.47 Å². The molecule has 0 spiro atoms. The van der Waals surface area contributed by atoms with Crippen molar-refractivity contribution in [2.24, 2.45) is 5.10 Å². The summed E-state index contributed by atoms with van der Waals surface area (Å²) in [6.45, 7) is 2.75. The molecule has 7 heteroatoms. The van der Waals surface area contributed by atoms with Gasteiger partial charge >= 0.3 is 0 Å². The Labute approximate surface area is 177 Å². The lowest BCUT2D eigenvalue weighted by atomic mass is 10.2. The standard InChI is InChI=1S/C23H20FN3O2S/c1-2-28-21-13-17(9-12-20(21)29-15-16-7-10-18(24)11-8-16)14-25-27-23-26-19-5-3-4-6-22(19)30-23/h3-14H,2,15H2,1H3,(H,26,27)/b25-14-. The van der Waals surface area contributed by atoms with E-state index in [1.807, 2.05) is 49.4 Å². The number of hydrogen-bond acceptors (Lipinski definition) is 6. The molecule has 0 fully saturated rings. The van der Waals surface area contributed by atoms with E-state index < -0.39 is 0 Å². The molecule has 5 nitrogen and oxygen atoms in total. The first-order valence-electron chi connectivity index (χ1n) is 9.50. The third-order valence-corrected chi connectivity index (χ3v) is 5.18. The van der Waals surface area contributed by atoms with Crippen molar-refractivity contribution in [3.8, 4) is 11.5 Å². The van der Waals surface area contributed by atoms with Crippen molar-refractivity contribution in [2.75, 3.05) is 12.0 Å². The van der Waals surface area contributed by atoms with Crippen LogP contribution in [0.4, 0.5) is 9.52 Å². The summed E-state index contributed by atoms with van der Waals surface area (Å²) < 4.78 is 25.7. The highest BCUT2D eigenvalue weighted by molar-refractivity contribution is 7.22. The zero-order valence-electron chi connectivity index (χ0n) is 16.3. The Bertz CT molecular complexity index is 1130. The van der Waals surface area contributed by atoms with Gasteiger partial charge in [-0.15, -0.1) is 0 Å². The van der Waals surface area contributed by atoms with Gasteiger partial charge in [-0.05, 0) is 60.5 Å². The van der Waals surface area contributed by atoms with E-state index >= 15 is 0 Å². The van der Waals surface area contributed by atoms with Crippen molar-refractivity contribution in [1.82, 2.24) is 4.98 Å². The Morgan fingerprint density at radius 2 is 1.87 bits per heavy atom. The van der Waals surface area contributed by atoms with Crippen molar-refractivity contribution in [1.29, 1.82) is 0 Å². The van der Waals surface area contributed by atoms with Crippen molar-refractivity contribution in [3.05, 3.63) is 83.7 Å². The topological polar surface area (TPSA) is 55.7 Å². The van der Waals surface area contributed by atoms with Gasteiger partial charge in [0.25, 0.3) is 0 Å². The monoisotopic (exact) mass is 421 g/mol. The van der Waals surface area contributed by atoms with Crippen LogP contribution in [0.2, 0.25) is 0 Å². The van der Waals surface area contributed by atoms with Crippen LogP contribution in [0.3, 0.4) is 0 Å². The molecule has 152 valence electrons. The maximum atomic E-state index is 13.0. The van der Waals surface area contributed by atoms with Gasteiger partial charge in [-0.3, -0.25) is 5.43 Å². The first-order chi connectivity index (χ1) is 14.7. The summed E-state index contributed by atoms with van der Waals surface area (Å²) in [5.41, 5.74) is 5.66. The molecule has 3 aromatic carbocycles. The molecule has 0 unspecified atom stereocenters. The quantitative estimate of drug-likeness (QED) is 0.286. The summed E-state index contributed by atoms with van der Waals surface area (Å²) in [6, 6.07) is 19.8. The SMILES string of the molecule is CCOc1cc(/C=N\Nc2nc3ccccc3s2)ccc1OCc1ccc(F)cc1. The van der Waals surface area contributed by atoms with Crippen LogP contribution in [-0.2, 0) is 6.61 Å². The molecular weight excluding hydrogens is 401 g/mol. The molecule has 0 saturated heterocycles. The van der Waals surface area contributed by atoms with Crippen molar-refractivity contribution >= 4 is 32.9 Å². The second-order valence-electron chi connectivity index (χ2n) is 6.41. The number of fused-ring (bicyclic) bond motifs is 1. The second kappa shape index (κ2) is 9.37. The summed E-state index contributed by atoms with van der Waals surface area (Å²) in [5, 5.41) is 5.01. The van der Waals surface area contributed by atoms with E-state index in [1.54, 1.807) is 29.7 Å². The zero-order valence-corrected chi connectivity index (χ0v) is 17.2. The zero-order chi connectivity index (χ0) is 20.8. The normalized spacial score (nSPS) is 11.1. The lowest BCUT2D eigenvalue weighted by Gasteiger charge is -2.12. The Morgan fingerprint density at radius 1 is 1.03 bits per heavy atom. The van der Waals surface area contributed by atoms with Crippen molar-refractivity contribution < 1.29 is 13.9 Å². The van der Waals surface area contributed by atoms with Gasteiger partial charge in [0.1, 0.15) is 12.4 Å². The molecule has 1 aromatic heterocycles. The van der Waals surface area contributed by atoms with E-state index in [1.165, 1.54) is 12.1 Å². The lowest BCUT2D eigenvalue weighted by molar-refractivity contribution is 0.269. The van der Waals surface area contributed by atoms with Crippen LogP contribution in [-0.4, -0.2) is 17.8 Å². The number of hydrazone groups is 1. The van der Waals surface area contributed by atoms with Gasteiger partial charge in [0, 0.05) is 0 Å². The molecule has 0 aliphatic heterocycles.